The van der Waals surface area contributed by atoms with Gasteiger partial charge in [-0.05, 0) is 57.7 Å². The maximum Gasteiger partial charge on any atom is 0.534 e. The van der Waals surface area contributed by atoms with Gasteiger partial charge in [0, 0.05) is 18.0 Å². The summed E-state index contributed by atoms with van der Waals surface area (Å²) >= 11 is 0. The number of esters is 1. The number of ether oxygens (including phenoxy) is 2. The van der Waals surface area contributed by atoms with Crippen LogP contribution in [0.3, 0.4) is 0 Å². The van der Waals surface area contributed by atoms with Crippen LogP contribution in [0.5, 0.6) is 5.75 Å². The molecule has 0 aliphatic rings. The molecule has 0 bridgehead atoms. The number of hydrogen-bond donors (Lipinski definition) is 1. The van der Waals surface area contributed by atoms with Crippen molar-refractivity contribution in [2.24, 2.45) is 0 Å². The summed E-state index contributed by atoms with van der Waals surface area (Å²) in [5, 5.41) is 1.77. The number of rotatable bonds is 7. The zero-order valence-electron chi connectivity index (χ0n) is 19.8. The molecule has 8 nitrogen and oxygen atoms in total. The highest BCUT2D eigenvalue weighted by molar-refractivity contribution is 7.88. The van der Waals surface area contributed by atoms with Gasteiger partial charge in [0.25, 0.3) is 5.91 Å². The Hall–Kier alpha value is -2.93. The lowest BCUT2D eigenvalue weighted by Gasteiger charge is -2.29. The summed E-state index contributed by atoms with van der Waals surface area (Å²) < 4.78 is 93.6. The van der Waals surface area contributed by atoms with Gasteiger partial charge in [-0.15, -0.1) is 0 Å². The van der Waals surface area contributed by atoms with Crippen LogP contribution in [0.25, 0.3) is 10.8 Å². The molecular weight excluding hydrogens is 498 g/mol. The van der Waals surface area contributed by atoms with E-state index in [9.17, 15) is 35.6 Å². The van der Waals surface area contributed by atoms with E-state index >= 15 is 0 Å². The molecule has 2 aromatic carbocycles. The zero-order valence-corrected chi connectivity index (χ0v) is 20.6. The highest BCUT2D eigenvalue weighted by Crippen LogP contribution is 2.43. The lowest BCUT2D eigenvalue weighted by molar-refractivity contribution is -0.167. The minimum absolute atomic E-state index is 0.0167. The molecule has 13 heteroatoms. The number of fused-ring (bicyclic) bond motifs is 1. The van der Waals surface area contributed by atoms with Crippen molar-refractivity contribution < 1.29 is 49.2 Å². The number of aryl methyl sites for hydroxylation is 1. The molecule has 2 aromatic rings. The molecule has 0 saturated carbocycles. The van der Waals surface area contributed by atoms with Gasteiger partial charge < -0.3 is 19.0 Å². The number of carbonyl (C=O) groups excluding carboxylic acids is 2. The Morgan fingerprint density at radius 3 is 2.20 bits per heavy atom. The topological polar surface area (TPSA) is 108 Å². The molecule has 0 fully saturated rings. The first kappa shape index (κ1) is 28.3. The average Bonchev–Trinajstić information content (AvgIpc) is 2.70. The molecular formula is C22H25F4NO7S. The highest BCUT2D eigenvalue weighted by atomic mass is 32.2. The van der Waals surface area contributed by atoms with Gasteiger partial charge in [0.05, 0.1) is 17.8 Å². The SMILES string of the molecule is CCOC(=O)C(OC(C)(C)C)c1c(C)cc2cc(C(=O)NC)c(F)cc2c1OS(=O)(=O)C(F)(F)F. The maximum atomic E-state index is 14.8. The van der Waals surface area contributed by atoms with E-state index in [0.717, 1.165) is 6.07 Å². The molecule has 1 atom stereocenters. The summed E-state index contributed by atoms with van der Waals surface area (Å²) in [6, 6.07) is 3.02. The van der Waals surface area contributed by atoms with Crippen molar-refractivity contribution >= 4 is 32.8 Å². The molecule has 0 spiro atoms. The van der Waals surface area contributed by atoms with Crippen molar-refractivity contribution in [2.75, 3.05) is 13.7 Å². The first-order valence-electron chi connectivity index (χ1n) is 10.3. The van der Waals surface area contributed by atoms with E-state index in [1.165, 1.54) is 27.0 Å². The summed E-state index contributed by atoms with van der Waals surface area (Å²) in [6.45, 7) is 7.40. The fourth-order valence-corrected chi connectivity index (χ4v) is 3.71. The van der Waals surface area contributed by atoms with Crippen LogP contribution >= 0.6 is 0 Å². The zero-order chi connectivity index (χ0) is 26.9. The highest BCUT2D eigenvalue weighted by Gasteiger charge is 2.49. The van der Waals surface area contributed by atoms with Crippen LogP contribution in [-0.2, 0) is 24.4 Å². The molecule has 0 saturated heterocycles. The second-order valence-electron chi connectivity index (χ2n) is 8.41. The monoisotopic (exact) mass is 523 g/mol. The molecule has 1 amide bonds. The predicted octanol–water partition coefficient (Wildman–Crippen LogP) is 4.29. The normalized spacial score (nSPS) is 13.4. The van der Waals surface area contributed by atoms with Gasteiger partial charge in [0.2, 0.25) is 0 Å². The number of hydrogen-bond acceptors (Lipinski definition) is 7. The molecule has 2 rings (SSSR count). The van der Waals surface area contributed by atoms with E-state index in [1.54, 1.807) is 20.8 Å². The Morgan fingerprint density at radius 1 is 1.11 bits per heavy atom. The quantitative estimate of drug-likeness (QED) is 0.250. The van der Waals surface area contributed by atoms with Gasteiger partial charge in [-0.25, -0.2) is 9.18 Å². The van der Waals surface area contributed by atoms with E-state index in [0.29, 0.717) is 6.07 Å². The molecule has 35 heavy (non-hydrogen) atoms. The van der Waals surface area contributed by atoms with E-state index in [2.05, 4.69) is 9.50 Å². The Bertz CT molecular complexity index is 1250. The van der Waals surface area contributed by atoms with Crippen LogP contribution < -0.4 is 9.50 Å². The molecule has 0 radical (unpaired) electrons. The van der Waals surface area contributed by atoms with Crippen LogP contribution in [0.1, 0.15) is 55.3 Å². The van der Waals surface area contributed by atoms with Crippen molar-refractivity contribution in [3.63, 3.8) is 0 Å². The number of nitrogens with one attached hydrogen (secondary N) is 1. The lowest BCUT2D eigenvalue weighted by Crippen LogP contribution is -2.32. The molecule has 0 aliphatic heterocycles. The number of halogens is 4. The minimum atomic E-state index is -6.25. The van der Waals surface area contributed by atoms with Crippen LogP contribution in [0.2, 0.25) is 0 Å². The van der Waals surface area contributed by atoms with Crippen molar-refractivity contribution in [3.05, 3.63) is 40.7 Å². The number of benzene rings is 2. The van der Waals surface area contributed by atoms with Crippen LogP contribution in [0.4, 0.5) is 17.6 Å². The van der Waals surface area contributed by atoms with Crippen LogP contribution in [-0.4, -0.2) is 45.1 Å². The smallest absolute Gasteiger partial charge is 0.464 e. The number of amides is 1. The van der Waals surface area contributed by atoms with Crippen molar-refractivity contribution in [1.82, 2.24) is 5.32 Å². The molecule has 0 aromatic heterocycles. The van der Waals surface area contributed by atoms with Gasteiger partial charge >= 0.3 is 21.6 Å². The van der Waals surface area contributed by atoms with Gasteiger partial charge in [0.1, 0.15) is 5.82 Å². The Morgan fingerprint density at radius 2 is 1.71 bits per heavy atom. The molecule has 1 unspecified atom stereocenters. The first-order chi connectivity index (χ1) is 15.9. The third-order valence-corrected chi connectivity index (χ3v) is 5.56. The van der Waals surface area contributed by atoms with Gasteiger partial charge in [0.15, 0.2) is 11.9 Å². The Kier molecular flexibility index (Phi) is 8.07. The summed E-state index contributed by atoms with van der Waals surface area (Å²) in [5.41, 5.74) is -7.64. The second kappa shape index (κ2) is 9.97. The first-order valence-corrected chi connectivity index (χ1v) is 11.7. The van der Waals surface area contributed by atoms with Gasteiger partial charge in [-0.1, -0.05) is 6.07 Å². The maximum absolute atomic E-state index is 14.8. The van der Waals surface area contributed by atoms with E-state index in [4.69, 9.17) is 9.47 Å². The minimum Gasteiger partial charge on any atom is -0.464 e. The van der Waals surface area contributed by atoms with Crippen molar-refractivity contribution in [2.45, 2.75) is 51.8 Å². The Labute approximate surface area is 199 Å². The summed E-state index contributed by atoms with van der Waals surface area (Å²) in [6.07, 6.45) is -1.72. The fourth-order valence-electron chi connectivity index (χ4n) is 3.22. The predicted molar refractivity (Wildman–Crippen MR) is 118 cm³/mol. The standard InChI is InChI=1S/C22H25F4NO7S/c1-7-32-20(29)18(33-21(3,4)5)16-11(2)8-12-9-14(19(28)27-6)15(23)10-13(12)17(16)34-35(30,31)22(24,25)26/h8-10,18H,7H2,1-6H3,(H,27,28). The summed E-state index contributed by atoms with van der Waals surface area (Å²) in [4.78, 5) is 24.8. The summed E-state index contributed by atoms with van der Waals surface area (Å²) in [7, 11) is -5.00. The van der Waals surface area contributed by atoms with Gasteiger partial charge in [-0.2, -0.15) is 21.6 Å². The lowest BCUT2D eigenvalue weighted by atomic mass is 9.94. The fraction of sp³-hybridized carbons (Fsp3) is 0.455. The van der Waals surface area contributed by atoms with Crippen LogP contribution in [0.15, 0.2) is 18.2 Å². The molecule has 1 N–H and O–H groups in total. The van der Waals surface area contributed by atoms with E-state index in [-0.39, 0.29) is 17.6 Å². The largest absolute Gasteiger partial charge is 0.534 e. The second-order valence-corrected chi connectivity index (χ2v) is 9.95. The van der Waals surface area contributed by atoms with Crippen molar-refractivity contribution in [1.29, 1.82) is 0 Å². The summed E-state index contributed by atoms with van der Waals surface area (Å²) in [5.74, 6) is -3.98. The van der Waals surface area contributed by atoms with E-state index < -0.39 is 67.3 Å². The molecule has 0 heterocycles. The third-order valence-electron chi connectivity index (χ3n) is 4.61. The average molecular weight is 524 g/mol. The Balaban J connectivity index is 3.00. The van der Waals surface area contributed by atoms with Crippen molar-refractivity contribution in [3.8, 4) is 5.75 Å². The van der Waals surface area contributed by atoms with Gasteiger partial charge in [-0.3, -0.25) is 4.79 Å². The molecule has 194 valence electrons. The number of carbonyl (C=O) groups is 2. The number of alkyl halides is 3. The third kappa shape index (κ3) is 6.20. The van der Waals surface area contributed by atoms with E-state index in [1.807, 2.05) is 0 Å². The molecule has 0 aliphatic carbocycles. The van der Waals surface area contributed by atoms with Crippen LogP contribution in [0, 0.1) is 12.7 Å².